The van der Waals surface area contributed by atoms with E-state index >= 15 is 0 Å². The molecule has 1 unspecified atom stereocenters. The van der Waals surface area contributed by atoms with Gasteiger partial charge in [0.1, 0.15) is 24.2 Å². The number of nitrogens with one attached hydrogen (secondary N) is 1. The Morgan fingerprint density at radius 1 is 1.17 bits per heavy atom. The lowest BCUT2D eigenvalue weighted by molar-refractivity contribution is 0.304. The third kappa shape index (κ3) is 4.10. The number of benzene rings is 2. The van der Waals surface area contributed by atoms with Crippen molar-refractivity contribution in [2.45, 2.75) is 26.5 Å². The topological polar surface area (TPSA) is 60.2 Å². The second-order valence-electron chi connectivity index (χ2n) is 5.47. The minimum atomic E-state index is -0.313. The molecule has 0 fully saturated rings. The van der Waals surface area contributed by atoms with Gasteiger partial charge in [0.15, 0.2) is 0 Å². The van der Waals surface area contributed by atoms with E-state index in [1.807, 2.05) is 31.2 Å². The molecule has 0 aliphatic carbocycles. The van der Waals surface area contributed by atoms with Gasteiger partial charge in [-0.05, 0) is 36.8 Å². The number of rotatable bonds is 6. The zero-order chi connectivity index (χ0) is 16.9. The Hall–Kier alpha value is -2.89. The Balaban J connectivity index is 1.63. The van der Waals surface area contributed by atoms with Crippen LogP contribution < -0.4 is 10.1 Å². The molecule has 1 heterocycles. The summed E-state index contributed by atoms with van der Waals surface area (Å²) < 4.78 is 24.2. The van der Waals surface area contributed by atoms with Crippen LogP contribution in [0.4, 0.5) is 10.1 Å². The Labute approximate surface area is 139 Å². The summed E-state index contributed by atoms with van der Waals surface area (Å²) in [6.07, 6.45) is 0. The van der Waals surface area contributed by atoms with Crippen LogP contribution in [0, 0.1) is 12.7 Å². The van der Waals surface area contributed by atoms with Gasteiger partial charge in [-0.1, -0.05) is 18.2 Å². The molecule has 1 atom stereocenters. The highest BCUT2D eigenvalue weighted by Gasteiger charge is 2.12. The van der Waals surface area contributed by atoms with Crippen molar-refractivity contribution in [3.8, 4) is 5.75 Å². The Morgan fingerprint density at radius 3 is 2.75 bits per heavy atom. The maximum Gasteiger partial charge on any atom is 0.238 e. The zero-order valence-corrected chi connectivity index (χ0v) is 13.5. The summed E-state index contributed by atoms with van der Waals surface area (Å²) in [5.74, 6) is 1.26. The van der Waals surface area contributed by atoms with Gasteiger partial charge in [0.2, 0.25) is 11.8 Å². The van der Waals surface area contributed by atoms with Crippen LogP contribution in [-0.4, -0.2) is 10.2 Å². The summed E-state index contributed by atoms with van der Waals surface area (Å²) in [5, 5.41) is 11.1. The van der Waals surface area contributed by atoms with Crippen LogP contribution in [0.25, 0.3) is 0 Å². The van der Waals surface area contributed by atoms with Crippen LogP contribution in [0.1, 0.15) is 30.3 Å². The Bertz CT molecular complexity index is 819. The molecule has 0 aliphatic rings. The zero-order valence-electron chi connectivity index (χ0n) is 13.5. The first kappa shape index (κ1) is 16.0. The largest absolute Gasteiger partial charge is 0.489 e. The predicted molar refractivity (Wildman–Crippen MR) is 88.2 cm³/mol. The molecule has 0 saturated heterocycles. The van der Waals surface area contributed by atoms with Crippen molar-refractivity contribution in [3.63, 3.8) is 0 Å². The fourth-order valence-electron chi connectivity index (χ4n) is 2.27. The van der Waals surface area contributed by atoms with Gasteiger partial charge in [0, 0.05) is 18.7 Å². The van der Waals surface area contributed by atoms with E-state index in [9.17, 15) is 4.39 Å². The summed E-state index contributed by atoms with van der Waals surface area (Å²) in [6.45, 7) is 4.06. The predicted octanol–water partition coefficient (Wildman–Crippen LogP) is 4.27. The maximum atomic E-state index is 13.2. The Morgan fingerprint density at radius 2 is 2.00 bits per heavy atom. The van der Waals surface area contributed by atoms with Crippen LogP contribution in [0.5, 0.6) is 5.75 Å². The molecule has 0 amide bonds. The number of ether oxygens (including phenoxy) is 1. The molecule has 1 N–H and O–H groups in total. The van der Waals surface area contributed by atoms with Crippen molar-refractivity contribution < 1.29 is 13.5 Å². The monoisotopic (exact) mass is 327 g/mol. The molecule has 3 aromatic rings. The number of anilines is 1. The normalized spacial score (nSPS) is 12.0. The van der Waals surface area contributed by atoms with E-state index in [4.69, 9.17) is 9.15 Å². The van der Waals surface area contributed by atoms with Crippen LogP contribution in [0.3, 0.4) is 0 Å². The van der Waals surface area contributed by atoms with Gasteiger partial charge in [0.25, 0.3) is 0 Å². The van der Waals surface area contributed by atoms with Crippen molar-refractivity contribution >= 4 is 5.69 Å². The van der Waals surface area contributed by atoms with Crippen LogP contribution in [0.2, 0.25) is 0 Å². The standard InChI is InChI=1S/C18H18FN3O2/c1-12(18-22-21-13(2)24-18)20-16-7-3-5-14(9-16)11-23-17-8-4-6-15(19)10-17/h3-10,12,20H,11H2,1-2H3. The number of aryl methyl sites for hydroxylation is 1. The molecule has 0 spiro atoms. The first-order valence-corrected chi connectivity index (χ1v) is 7.64. The third-order valence-electron chi connectivity index (χ3n) is 3.42. The molecule has 6 heteroatoms. The van der Waals surface area contributed by atoms with E-state index in [1.165, 1.54) is 12.1 Å². The molecule has 0 aliphatic heterocycles. The van der Waals surface area contributed by atoms with E-state index < -0.39 is 0 Å². The number of nitrogens with zero attached hydrogens (tertiary/aromatic N) is 2. The lowest BCUT2D eigenvalue weighted by Crippen LogP contribution is -2.07. The van der Waals surface area contributed by atoms with E-state index in [0.29, 0.717) is 24.1 Å². The second-order valence-corrected chi connectivity index (χ2v) is 5.47. The van der Waals surface area contributed by atoms with E-state index in [2.05, 4.69) is 15.5 Å². The fourth-order valence-corrected chi connectivity index (χ4v) is 2.27. The molecule has 1 aromatic heterocycles. The van der Waals surface area contributed by atoms with E-state index in [1.54, 1.807) is 19.1 Å². The minimum absolute atomic E-state index is 0.106. The highest BCUT2D eigenvalue weighted by molar-refractivity contribution is 5.46. The number of aromatic nitrogens is 2. The minimum Gasteiger partial charge on any atom is -0.489 e. The highest BCUT2D eigenvalue weighted by atomic mass is 19.1. The summed E-state index contributed by atoms with van der Waals surface area (Å²) in [7, 11) is 0. The highest BCUT2D eigenvalue weighted by Crippen LogP contribution is 2.20. The SMILES string of the molecule is Cc1nnc(C(C)Nc2cccc(COc3cccc(F)c3)c2)o1. The van der Waals surface area contributed by atoms with Crippen LogP contribution in [-0.2, 0) is 6.61 Å². The van der Waals surface area contributed by atoms with Crippen molar-refractivity contribution in [2.24, 2.45) is 0 Å². The molecule has 2 aromatic carbocycles. The smallest absolute Gasteiger partial charge is 0.238 e. The average molecular weight is 327 g/mol. The summed E-state index contributed by atoms with van der Waals surface area (Å²) >= 11 is 0. The summed E-state index contributed by atoms with van der Waals surface area (Å²) in [6, 6.07) is 13.8. The quantitative estimate of drug-likeness (QED) is 0.732. The van der Waals surface area contributed by atoms with Crippen molar-refractivity contribution in [2.75, 3.05) is 5.32 Å². The van der Waals surface area contributed by atoms with Crippen LogP contribution >= 0.6 is 0 Å². The molecule has 3 rings (SSSR count). The van der Waals surface area contributed by atoms with Gasteiger partial charge in [-0.25, -0.2) is 4.39 Å². The molecular weight excluding hydrogens is 309 g/mol. The lowest BCUT2D eigenvalue weighted by Gasteiger charge is -2.13. The fraction of sp³-hybridized carbons (Fsp3) is 0.222. The van der Waals surface area contributed by atoms with Gasteiger partial charge < -0.3 is 14.5 Å². The van der Waals surface area contributed by atoms with Gasteiger partial charge >= 0.3 is 0 Å². The lowest BCUT2D eigenvalue weighted by atomic mass is 10.2. The van der Waals surface area contributed by atoms with E-state index in [-0.39, 0.29) is 11.9 Å². The molecule has 0 saturated carbocycles. The third-order valence-corrected chi connectivity index (χ3v) is 3.42. The van der Waals surface area contributed by atoms with Crippen molar-refractivity contribution in [1.29, 1.82) is 0 Å². The van der Waals surface area contributed by atoms with Gasteiger partial charge in [-0.15, -0.1) is 10.2 Å². The maximum absolute atomic E-state index is 13.2. The first-order valence-electron chi connectivity index (χ1n) is 7.64. The number of hydrogen-bond acceptors (Lipinski definition) is 5. The van der Waals surface area contributed by atoms with Gasteiger partial charge in [-0.3, -0.25) is 0 Å². The van der Waals surface area contributed by atoms with Gasteiger partial charge in [0.05, 0.1) is 0 Å². The van der Waals surface area contributed by atoms with Crippen molar-refractivity contribution in [1.82, 2.24) is 10.2 Å². The van der Waals surface area contributed by atoms with Crippen molar-refractivity contribution in [3.05, 3.63) is 71.7 Å². The first-order chi connectivity index (χ1) is 11.6. The van der Waals surface area contributed by atoms with E-state index in [0.717, 1.165) is 11.3 Å². The van der Waals surface area contributed by atoms with Crippen LogP contribution in [0.15, 0.2) is 52.9 Å². The molecule has 0 bridgehead atoms. The molecule has 5 nitrogen and oxygen atoms in total. The molecular formula is C18H18FN3O2. The number of halogens is 1. The van der Waals surface area contributed by atoms with Gasteiger partial charge in [-0.2, -0.15) is 0 Å². The molecule has 24 heavy (non-hydrogen) atoms. The summed E-state index contributed by atoms with van der Waals surface area (Å²) in [4.78, 5) is 0. The summed E-state index contributed by atoms with van der Waals surface area (Å²) in [5.41, 5.74) is 1.89. The molecule has 124 valence electrons. The average Bonchev–Trinajstić information content (AvgIpc) is 3.00. The molecule has 0 radical (unpaired) electrons. The number of hydrogen-bond donors (Lipinski definition) is 1. The Kier molecular flexibility index (Phi) is 4.74. The second kappa shape index (κ2) is 7.12.